The van der Waals surface area contributed by atoms with Crippen molar-refractivity contribution in [3.8, 4) is 11.3 Å². The van der Waals surface area contributed by atoms with Crippen LogP contribution in [-0.4, -0.2) is 63.2 Å². The molecule has 0 spiro atoms. The number of thioether (sulfide) groups is 1. The van der Waals surface area contributed by atoms with Crippen molar-refractivity contribution in [2.75, 3.05) is 25.4 Å². The van der Waals surface area contributed by atoms with Crippen LogP contribution in [0.4, 0.5) is 0 Å². The second-order valence-electron chi connectivity index (χ2n) is 7.76. The summed E-state index contributed by atoms with van der Waals surface area (Å²) in [6, 6.07) is 13.8. The van der Waals surface area contributed by atoms with Gasteiger partial charge in [0, 0.05) is 37.2 Å². The smallest absolute Gasteiger partial charge is 0.233 e. The van der Waals surface area contributed by atoms with E-state index < -0.39 is 0 Å². The third kappa shape index (κ3) is 4.61. The summed E-state index contributed by atoms with van der Waals surface area (Å²) in [6.07, 6.45) is 3.20. The zero-order valence-corrected chi connectivity index (χ0v) is 17.5. The Morgan fingerprint density at radius 2 is 1.86 bits per heavy atom. The summed E-state index contributed by atoms with van der Waals surface area (Å²) < 4.78 is 0. The molecule has 0 N–H and O–H groups in total. The summed E-state index contributed by atoms with van der Waals surface area (Å²) in [4.78, 5) is 29.0. The first-order chi connectivity index (χ1) is 14.1. The number of aromatic nitrogens is 2. The first-order valence-electron chi connectivity index (χ1n) is 10.2. The van der Waals surface area contributed by atoms with Crippen LogP contribution in [0, 0.1) is 5.92 Å². The molecule has 0 radical (unpaired) electrons. The van der Waals surface area contributed by atoms with Gasteiger partial charge >= 0.3 is 0 Å². The summed E-state index contributed by atoms with van der Waals surface area (Å²) in [7, 11) is 0. The van der Waals surface area contributed by atoms with Crippen LogP contribution in [-0.2, 0) is 9.59 Å². The SMILES string of the molecule is CC1CN(C(=O)CSc2ccc(-c3ccccc3)nn2)CCN1C(=O)C1CCC1. The zero-order valence-electron chi connectivity index (χ0n) is 16.7. The number of benzene rings is 1. The van der Waals surface area contributed by atoms with E-state index in [1.807, 2.05) is 59.2 Å². The summed E-state index contributed by atoms with van der Waals surface area (Å²) in [5, 5.41) is 9.26. The van der Waals surface area contributed by atoms with E-state index in [9.17, 15) is 9.59 Å². The van der Waals surface area contributed by atoms with E-state index in [2.05, 4.69) is 10.2 Å². The van der Waals surface area contributed by atoms with Gasteiger partial charge in [-0.05, 0) is 31.9 Å². The number of piperazine rings is 1. The van der Waals surface area contributed by atoms with Crippen LogP contribution in [0.25, 0.3) is 11.3 Å². The average molecular weight is 411 g/mol. The van der Waals surface area contributed by atoms with E-state index in [1.165, 1.54) is 11.8 Å². The van der Waals surface area contributed by atoms with Crippen molar-refractivity contribution in [3.05, 3.63) is 42.5 Å². The maximum absolute atomic E-state index is 12.6. The van der Waals surface area contributed by atoms with Crippen LogP contribution in [0.1, 0.15) is 26.2 Å². The number of hydrogen-bond donors (Lipinski definition) is 0. The third-order valence-corrected chi connectivity index (χ3v) is 6.68. The number of amides is 2. The van der Waals surface area contributed by atoms with Crippen molar-refractivity contribution in [1.82, 2.24) is 20.0 Å². The number of rotatable bonds is 5. The fourth-order valence-electron chi connectivity index (χ4n) is 3.79. The molecule has 2 fully saturated rings. The van der Waals surface area contributed by atoms with Gasteiger partial charge in [-0.25, -0.2) is 0 Å². The molecule has 29 heavy (non-hydrogen) atoms. The average Bonchev–Trinajstić information content (AvgIpc) is 2.71. The Balaban J connectivity index is 1.27. The molecule has 1 aliphatic heterocycles. The molecule has 7 heteroatoms. The first-order valence-corrected chi connectivity index (χ1v) is 11.2. The topological polar surface area (TPSA) is 66.4 Å². The molecule has 2 amide bonds. The van der Waals surface area contributed by atoms with Gasteiger partial charge in [0.1, 0.15) is 5.03 Å². The molecule has 2 aliphatic rings. The van der Waals surface area contributed by atoms with E-state index in [-0.39, 0.29) is 23.8 Å². The summed E-state index contributed by atoms with van der Waals surface area (Å²) >= 11 is 1.41. The minimum absolute atomic E-state index is 0.0794. The first kappa shape index (κ1) is 19.9. The van der Waals surface area contributed by atoms with Crippen LogP contribution in [0.15, 0.2) is 47.5 Å². The molecular weight excluding hydrogens is 384 g/mol. The molecular formula is C22H26N4O2S. The van der Waals surface area contributed by atoms with E-state index >= 15 is 0 Å². The Bertz CT molecular complexity index is 855. The molecule has 1 saturated carbocycles. The molecule has 2 aromatic rings. The highest BCUT2D eigenvalue weighted by Gasteiger charge is 2.35. The molecule has 1 unspecified atom stereocenters. The number of hydrogen-bond acceptors (Lipinski definition) is 5. The minimum Gasteiger partial charge on any atom is -0.338 e. The van der Waals surface area contributed by atoms with Gasteiger partial charge in [0.25, 0.3) is 0 Å². The fourth-order valence-corrected chi connectivity index (χ4v) is 4.50. The second kappa shape index (κ2) is 8.95. The van der Waals surface area contributed by atoms with E-state index in [0.29, 0.717) is 25.4 Å². The molecule has 2 heterocycles. The van der Waals surface area contributed by atoms with Crippen molar-refractivity contribution in [3.63, 3.8) is 0 Å². The lowest BCUT2D eigenvalue weighted by molar-refractivity contribution is -0.146. The van der Waals surface area contributed by atoms with E-state index in [4.69, 9.17) is 0 Å². The summed E-state index contributed by atoms with van der Waals surface area (Å²) in [5.41, 5.74) is 1.85. The normalized spacial score (nSPS) is 19.7. The lowest BCUT2D eigenvalue weighted by Gasteiger charge is -2.42. The molecule has 4 rings (SSSR count). The molecule has 1 aromatic carbocycles. The highest BCUT2D eigenvalue weighted by molar-refractivity contribution is 7.99. The van der Waals surface area contributed by atoms with Gasteiger partial charge in [0.2, 0.25) is 11.8 Å². The standard InChI is InChI=1S/C22H26N4O2S/c1-16-14-25(12-13-26(16)22(28)18-8-5-9-18)21(27)15-29-20-11-10-19(23-24-20)17-6-3-2-4-7-17/h2-4,6-7,10-11,16,18H,5,8-9,12-15H2,1H3. The minimum atomic E-state index is 0.0794. The molecule has 152 valence electrons. The molecule has 1 aliphatic carbocycles. The third-order valence-electron chi connectivity index (χ3n) is 5.77. The molecule has 0 bridgehead atoms. The maximum atomic E-state index is 12.6. The van der Waals surface area contributed by atoms with Gasteiger partial charge in [0.15, 0.2) is 0 Å². The van der Waals surface area contributed by atoms with Crippen molar-refractivity contribution in [2.45, 2.75) is 37.3 Å². The van der Waals surface area contributed by atoms with Crippen LogP contribution >= 0.6 is 11.8 Å². The Kier molecular flexibility index (Phi) is 6.13. The Morgan fingerprint density at radius 1 is 1.07 bits per heavy atom. The number of nitrogens with zero attached hydrogens (tertiary/aromatic N) is 4. The van der Waals surface area contributed by atoms with Crippen molar-refractivity contribution in [2.24, 2.45) is 5.92 Å². The van der Waals surface area contributed by atoms with Crippen LogP contribution in [0.5, 0.6) is 0 Å². The fraction of sp³-hybridized carbons (Fsp3) is 0.455. The number of carbonyl (C=O) groups excluding carboxylic acids is 2. The lowest BCUT2D eigenvalue weighted by atomic mass is 9.84. The van der Waals surface area contributed by atoms with Gasteiger partial charge < -0.3 is 9.80 Å². The molecule has 1 saturated heterocycles. The highest BCUT2D eigenvalue weighted by atomic mass is 32.2. The van der Waals surface area contributed by atoms with Crippen LogP contribution in [0.3, 0.4) is 0 Å². The van der Waals surface area contributed by atoms with Gasteiger partial charge in [-0.15, -0.1) is 10.2 Å². The lowest BCUT2D eigenvalue weighted by Crippen LogP contribution is -2.57. The summed E-state index contributed by atoms with van der Waals surface area (Å²) in [5.74, 6) is 0.918. The second-order valence-corrected chi connectivity index (χ2v) is 8.76. The highest BCUT2D eigenvalue weighted by Crippen LogP contribution is 2.29. The van der Waals surface area contributed by atoms with Crippen molar-refractivity contribution in [1.29, 1.82) is 0 Å². The van der Waals surface area contributed by atoms with Crippen LogP contribution in [0.2, 0.25) is 0 Å². The van der Waals surface area contributed by atoms with Crippen molar-refractivity contribution < 1.29 is 9.59 Å². The van der Waals surface area contributed by atoms with Crippen molar-refractivity contribution >= 4 is 23.6 Å². The number of carbonyl (C=O) groups is 2. The predicted octanol–water partition coefficient (Wildman–Crippen LogP) is 3.10. The Labute approximate surface area is 175 Å². The van der Waals surface area contributed by atoms with Gasteiger partial charge in [-0.2, -0.15) is 0 Å². The quantitative estimate of drug-likeness (QED) is 0.709. The van der Waals surface area contributed by atoms with Gasteiger partial charge in [-0.3, -0.25) is 9.59 Å². The molecule has 6 nitrogen and oxygen atoms in total. The largest absolute Gasteiger partial charge is 0.338 e. The Morgan fingerprint density at radius 3 is 2.48 bits per heavy atom. The molecule has 1 aromatic heterocycles. The maximum Gasteiger partial charge on any atom is 0.233 e. The summed E-state index contributed by atoms with van der Waals surface area (Å²) in [6.45, 7) is 3.90. The Hall–Kier alpha value is -2.41. The van der Waals surface area contributed by atoms with E-state index in [1.54, 1.807) is 0 Å². The predicted molar refractivity (Wildman–Crippen MR) is 113 cm³/mol. The van der Waals surface area contributed by atoms with Gasteiger partial charge in [-0.1, -0.05) is 48.5 Å². The van der Waals surface area contributed by atoms with E-state index in [0.717, 1.165) is 35.5 Å². The van der Waals surface area contributed by atoms with Crippen LogP contribution < -0.4 is 0 Å². The zero-order chi connectivity index (χ0) is 20.2. The van der Waals surface area contributed by atoms with Gasteiger partial charge in [0.05, 0.1) is 11.4 Å². The molecule has 1 atom stereocenters. The monoisotopic (exact) mass is 410 g/mol.